The molecule has 0 spiro atoms. The normalized spacial score (nSPS) is 12.9. The van der Waals surface area contributed by atoms with Crippen LogP contribution in [0.25, 0.3) is 0 Å². The molecule has 1 atom stereocenters. The van der Waals surface area contributed by atoms with Crippen LogP contribution in [0.2, 0.25) is 0 Å². The summed E-state index contributed by atoms with van der Waals surface area (Å²) in [6.45, 7) is 6.45. The third-order valence-corrected chi connectivity index (χ3v) is 12.8. The lowest BCUT2D eigenvalue weighted by atomic mass is 10.1. The van der Waals surface area contributed by atoms with Crippen molar-refractivity contribution in [3.8, 4) is 0 Å². The summed E-state index contributed by atoms with van der Waals surface area (Å²) in [4.78, 5) is 38.3. The fourth-order valence-electron chi connectivity index (χ4n) is 8.20. The summed E-state index contributed by atoms with van der Waals surface area (Å²) in [5.41, 5.74) is 0. The fourth-order valence-corrected chi connectivity index (χ4v) is 8.20. The molecule has 0 saturated carbocycles. The number of carbonyl (C=O) groups excluding carboxylic acids is 3. The lowest BCUT2D eigenvalue weighted by Gasteiger charge is -2.18. The highest BCUT2D eigenvalue weighted by Crippen LogP contribution is 2.15. The van der Waals surface area contributed by atoms with Crippen LogP contribution in [0.3, 0.4) is 0 Å². The maximum Gasteiger partial charge on any atom is 0.306 e. The van der Waals surface area contributed by atoms with E-state index >= 15 is 0 Å². The van der Waals surface area contributed by atoms with Gasteiger partial charge in [-0.2, -0.15) is 0 Å². The zero-order valence-electron chi connectivity index (χ0n) is 47.6. The number of hydrogen-bond donors (Lipinski definition) is 0. The summed E-state index contributed by atoms with van der Waals surface area (Å²) in [6, 6.07) is 0. The van der Waals surface area contributed by atoms with E-state index in [0.717, 1.165) is 109 Å². The number of esters is 3. The van der Waals surface area contributed by atoms with E-state index in [-0.39, 0.29) is 31.1 Å². The van der Waals surface area contributed by atoms with Gasteiger partial charge in [0.1, 0.15) is 13.2 Å². The van der Waals surface area contributed by atoms with Gasteiger partial charge in [0.05, 0.1) is 0 Å². The third kappa shape index (κ3) is 58.8. The van der Waals surface area contributed by atoms with Crippen molar-refractivity contribution < 1.29 is 28.6 Å². The van der Waals surface area contributed by atoms with Crippen LogP contribution in [0.1, 0.15) is 278 Å². The summed E-state index contributed by atoms with van der Waals surface area (Å²) < 4.78 is 16.9. The molecule has 0 aliphatic heterocycles. The lowest BCUT2D eigenvalue weighted by molar-refractivity contribution is -0.167. The topological polar surface area (TPSA) is 78.9 Å². The standard InChI is InChI=1S/C67H112O6/c1-4-7-10-13-16-19-22-25-28-31-33-36-39-42-45-48-51-54-57-60-66(69)72-63-64(62-71-65(68)59-56-53-50-47-44-41-38-35-30-27-24-21-18-15-12-9-6-3)73-67(70)61-58-55-52-49-46-43-40-37-34-32-29-26-23-20-17-14-11-8-5-2/h7,10,16-21,23,25-28,30,33,36,42,45,64H,4-6,8-9,11-15,22,24,29,31-32,34-35,37-41,43-44,46-63H2,1-3H3/b10-7-,19-16-,20-17-,21-18-,26-23-,28-25-,30-27-,36-33-,45-42-. The molecule has 0 N–H and O–H groups in total. The minimum absolute atomic E-state index is 0.0952. The quantitative estimate of drug-likeness (QED) is 0.0199. The Bertz CT molecular complexity index is 1490. The molecular weight excluding hydrogens is 901 g/mol. The van der Waals surface area contributed by atoms with Crippen LogP contribution in [0.4, 0.5) is 0 Å². The summed E-state index contributed by atoms with van der Waals surface area (Å²) in [6.07, 6.45) is 82.2. The first-order valence-electron chi connectivity index (χ1n) is 30.4. The van der Waals surface area contributed by atoms with Gasteiger partial charge in [0.15, 0.2) is 6.10 Å². The van der Waals surface area contributed by atoms with E-state index in [2.05, 4.69) is 130 Å². The highest BCUT2D eigenvalue weighted by molar-refractivity contribution is 5.71. The molecule has 0 aliphatic rings. The molecule has 0 radical (unpaired) electrons. The molecule has 1 unspecified atom stereocenters. The molecule has 0 fully saturated rings. The van der Waals surface area contributed by atoms with E-state index in [4.69, 9.17) is 14.2 Å². The Kier molecular flexibility index (Phi) is 57.4. The van der Waals surface area contributed by atoms with Crippen LogP contribution in [-0.4, -0.2) is 37.2 Å². The van der Waals surface area contributed by atoms with E-state index in [1.165, 1.54) is 128 Å². The predicted octanol–water partition coefficient (Wildman–Crippen LogP) is 20.7. The van der Waals surface area contributed by atoms with Crippen LogP contribution < -0.4 is 0 Å². The summed E-state index contributed by atoms with van der Waals surface area (Å²) in [7, 11) is 0. The number of ether oxygens (including phenoxy) is 3. The lowest BCUT2D eigenvalue weighted by Crippen LogP contribution is -2.30. The SMILES string of the molecule is CC/C=C\C/C=C\C/C=C\C/C=C\C/C=C\CCCCCC(=O)OCC(COC(=O)CCCCCCCCC/C=C\C/C=C\CCCCC)OC(=O)CCCCCCCCCCCC/C=C\C=C/CCCCC. The molecule has 6 nitrogen and oxygen atoms in total. The van der Waals surface area contributed by atoms with E-state index in [9.17, 15) is 14.4 Å². The minimum Gasteiger partial charge on any atom is -0.462 e. The highest BCUT2D eigenvalue weighted by atomic mass is 16.6. The number of carbonyl (C=O) groups is 3. The molecule has 0 heterocycles. The molecule has 0 aliphatic carbocycles. The number of allylic oxidation sites excluding steroid dienone is 18. The number of unbranched alkanes of at least 4 members (excludes halogenated alkanes) is 26. The zero-order chi connectivity index (χ0) is 52.9. The summed E-state index contributed by atoms with van der Waals surface area (Å²) in [5, 5.41) is 0. The average molecular weight is 1010 g/mol. The van der Waals surface area contributed by atoms with Crippen LogP contribution in [0.15, 0.2) is 109 Å². The molecule has 6 heteroatoms. The van der Waals surface area contributed by atoms with Gasteiger partial charge in [0.25, 0.3) is 0 Å². The van der Waals surface area contributed by atoms with Crippen molar-refractivity contribution in [3.63, 3.8) is 0 Å². The van der Waals surface area contributed by atoms with Crippen molar-refractivity contribution in [1.29, 1.82) is 0 Å². The van der Waals surface area contributed by atoms with Gasteiger partial charge in [0, 0.05) is 19.3 Å². The van der Waals surface area contributed by atoms with Gasteiger partial charge < -0.3 is 14.2 Å². The zero-order valence-corrected chi connectivity index (χ0v) is 47.6. The van der Waals surface area contributed by atoms with Gasteiger partial charge in [0.2, 0.25) is 0 Å². The second-order valence-corrected chi connectivity index (χ2v) is 19.9. The van der Waals surface area contributed by atoms with E-state index in [0.29, 0.717) is 19.3 Å². The Morgan fingerprint density at radius 2 is 0.575 bits per heavy atom. The monoisotopic (exact) mass is 1010 g/mol. The van der Waals surface area contributed by atoms with E-state index in [1.54, 1.807) is 0 Å². The molecule has 416 valence electrons. The maximum atomic E-state index is 12.9. The maximum absolute atomic E-state index is 12.9. The number of hydrogen-bond acceptors (Lipinski definition) is 6. The molecule has 0 saturated heterocycles. The molecule has 0 rings (SSSR count). The minimum atomic E-state index is -0.800. The molecule has 0 bridgehead atoms. The molecule has 0 aromatic rings. The van der Waals surface area contributed by atoms with Crippen molar-refractivity contribution >= 4 is 17.9 Å². The first kappa shape index (κ1) is 69.1. The van der Waals surface area contributed by atoms with E-state index < -0.39 is 6.10 Å². The molecule has 0 aromatic heterocycles. The Morgan fingerprint density at radius 1 is 0.301 bits per heavy atom. The summed E-state index contributed by atoms with van der Waals surface area (Å²) >= 11 is 0. The van der Waals surface area contributed by atoms with Gasteiger partial charge in [-0.3, -0.25) is 14.4 Å². The number of rotatable bonds is 54. The van der Waals surface area contributed by atoms with Gasteiger partial charge in [-0.1, -0.05) is 246 Å². The van der Waals surface area contributed by atoms with Crippen molar-refractivity contribution in [2.75, 3.05) is 13.2 Å². The van der Waals surface area contributed by atoms with Crippen molar-refractivity contribution in [1.82, 2.24) is 0 Å². The van der Waals surface area contributed by atoms with Gasteiger partial charge in [-0.05, 0) is 122 Å². The Balaban J connectivity index is 4.47. The second kappa shape index (κ2) is 60.6. The molecule has 0 amide bonds. The molecule has 0 aromatic carbocycles. The Morgan fingerprint density at radius 3 is 0.932 bits per heavy atom. The van der Waals surface area contributed by atoms with Crippen molar-refractivity contribution in [3.05, 3.63) is 109 Å². The Labute approximate surface area is 450 Å². The fraction of sp³-hybridized carbons (Fsp3) is 0.687. The van der Waals surface area contributed by atoms with Crippen LogP contribution >= 0.6 is 0 Å². The van der Waals surface area contributed by atoms with Crippen LogP contribution in [-0.2, 0) is 28.6 Å². The molecular formula is C67H112O6. The first-order valence-corrected chi connectivity index (χ1v) is 30.4. The van der Waals surface area contributed by atoms with Crippen LogP contribution in [0, 0.1) is 0 Å². The van der Waals surface area contributed by atoms with Gasteiger partial charge in [-0.15, -0.1) is 0 Å². The molecule has 73 heavy (non-hydrogen) atoms. The average Bonchev–Trinajstić information content (AvgIpc) is 3.39. The third-order valence-electron chi connectivity index (χ3n) is 12.8. The van der Waals surface area contributed by atoms with Crippen molar-refractivity contribution in [2.24, 2.45) is 0 Å². The first-order chi connectivity index (χ1) is 36.0. The second-order valence-electron chi connectivity index (χ2n) is 19.9. The predicted molar refractivity (Wildman–Crippen MR) is 316 cm³/mol. The van der Waals surface area contributed by atoms with Gasteiger partial charge >= 0.3 is 17.9 Å². The highest BCUT2D eigenvalue weighted by Gasteiger charge is 2.19. The largest absolute Gasteiger partial charge is 0.462 e. The smallest absolute Gasteiger partial charge is 0.306 e. The van der Waals surface area contributed by atoms with Crippen molar-refractivity contribution in [2.45, 2.75) is 284 Å². The van der Waals surface area contributed by atoms with Gasteiger partial charge in [-0.25, -0.2) is 0 Å². The Hall–Kier alpha value is -3.93. The van der Waals surface area contributed by atoms with Crippen LogP contribution in [0.5, 0.6) is 0 Å². The summed E-state index contributed by atoms with van der Waals surface area (Å²) in [5.74, 6) is -0.935. The van der Waals surface area contributed by atoms with E-state index in [1.807, 2.05) is 0 Å².